The molecule has 0 aromatic heterocycles. The smallest absolute Gasteiger partial charge is 0.258 e. The van der Waals surface area contributed by atoms with Crippen LogP contribution in [-0.2, 0) is 6.42 Å². The van der Waals surface area contributed by atoms with Gasteiger partial charge in [0.15, 0.2) is 0 Å². The van der Waals surface area contributed by atoms with Crippen LogP contribution in [-0.4, -0.2) is 13.0 Å². The van der Waals surface area contributed by atoms with Gasteiger partial charge in [0.2, 0.25) is 0 Å². The summed E-state index contributed by atoms with van der Waals surface area (Å²) in [4.78, 5) is 14.2. The number of aryl methyl sites for hydroxylation is 2. The van der Waals surface area contributed by atoms with Gasteiger partial charge in [-0.05, 0) is 48.7 Å². The summed E-state index contributed by atoms with van der Waals surface area (Å²) in [7, 11) is 1.82. The lowest BCUT2D eigenvalue weighted by Gasteiger charge is -2.18. The van der Waals surface area contributed by atoms with Gasteiger partial charge in [-0.1, -0.05) is 37.6 Å². The molecule has 2 nitrogen and oxygen atoms in total. The van der Waals surface area contributed by atoms with Crippen molar-refractivity contribution in [3.05, 3.63) is 65.2 Å². The minimum absolute atomic E-state index is 0.0357. The van der Waals surface area contributed by atoms with Crippen LogP contribution in [0.15, 0.2) is 48.5 Å². The highest BCUT2D eigenvalue weighted by molar-refractivity contribution is 6.05. The predicted octanol–water partition coefficient (Wildman–Crippen LogP) is 4.22. The molecule has 0 atom stereocenters. The van der Waals surface area contributed by atoms with E-state index in [1.54, 1.807) is 4.90 Å². The fourth-order valence-electron chi connectivity index (χ4n) is 2.30. The highest BCUT2D eigenvalue weighted by atomic mass is 16.2. The van der Waals surface area contributed by atoms with Crippen molar-refractivity contribution < 1.29 is 4.79 Å². The second-order valence-corrected chi connectivity index (χ2v) is 5.15. The Morgan fingerprint density at radius 1 is 1.10 bits per heavy atom. The molecule has 0 saturated heterocycles. The van der Waals surface area contributed by atoms with Crippen molar-refractivity contribution in [3.8, 4) is 0 Å². The summed E-state index contributed by atoms with van der Waals surface area (Å²) in [5.74, 6) is 0.0357. The third kappa shape index (κ3) is 3.27. The van der Waals surface area contributed by atoms with Gasteiger partial charge in [0, 0.05) is 18.3 Å². The monoisotopic (exact) mass is 267 g/mol. The number of hydrogen-bond donors (Lipinski definition) is 0. The summed E-state index contributed by atoms with van der Waals surface area (Å²) < 4.78 is 0. The quantitative estimate of drug-likeness (QED) is 0.812. The third-order valence-electron chi connectivity index (χ3n) is 3.41. The van der Waals surface area contributed by atoms with Gasteiger partial charge in [-0.25, -0.2) is 0 Å². The molecule has 0 aliphatic rings. The van der Waals surface area contributed by atoms with E-state index in [2.05, 4.69) is 13.0 Å². The van der Waals surface area contributed by atoms with Gasteiger partial charge >= 0.3 is 0 Å². The van der Waals surface area contributed by atoms with E-state index in [9.17, 15) is 4.79 Å². The molecule has 2 aromatic rings. The van der Waals surface area contributed by atoms with Crippen LogP contribution in [0.4, 0.5) is 5.69 Å². The Labute approximate surface area is 121 Å². The second-order valence-electron chi connectivity index (χ2n) is 5.15. The van der Waals surface area contributed by atoms with Gasteiger partial charge in [0.1, 0.15) is 0 Å². The van der Waals surface area contributed by atoms with Crippen LogP contribution in [0, 0.1) is 6.92 Å². The van der Waals surface area contributed by atoms with Crippen molar-refractivity contribution in [1.82, 2.24) is 0 Å². The van der Waals surface area contributed by atoms with Crippen molar-refractivity contribution in [2.75, 3.05) is 11.9 Å². The molecular formula is C18H21NO. The molecule has 0 aliphatic carbocycles. The Morgan fingerprint density at radius 3 is 2.55 bits per heavy atom. The van der Waals surface area contributed by atoms with Crippen LogP contribution >= 0.6 is 0 Å². The third-order valence-corrected chi connectivity index (χ3v) is 3.41. The fourth-order valence-corrected chi connectivity index (χ4v) is 2.30. The van der Waals surface area contributed by atoms with E-state index in [0.29, 0.717) is 0 Å². The van der Waals surface area contributed by atoms with Gasteiger partial charge in [-0.2, -0.15) is 0 Å². The molecule has 2 rings (SSSR count). The van der Waals surface area contributed by atoms with Crippen LogP contribution in [0.1, 0.15) is 34.8 Å². The summed E-state index contributed by atoms with van der Waals surface area (Å²) in [6.45, 7) is 4.18. The molecule has 2 aromatic carbocycles. The van der Waals surface area contributed by atoms with E-state index >= 15 is 0 Å². The molecule has 20 heavy (non-hydrogen) atoms. The molecule has 0 unspecified atom stereocenters. The lowest BCUT2D eigenvalue weighted by molar-refractivity contribution is 0.0993. The second kappa shape index (κ2) is 6.38. The van der Waals surface area contributed by atoms with Crippen LogP contribution in [0.2, 0.25) is 0 Å². The van der Waals surface area contributed by atoms with Crippen molar-refractivity contribution in [2.45, 2.75) is 26.7 Å². The zero-order valence-corrected chi connectivity index (χ0v) is 12.4. The first-order valence-electron chi connectivity index (χ1n) is 7.05. The maximum absolute atomic E-state index is 12.5. The number of hydrogen-bond acceptors (Lipinski definition) is 1. The topological polar surface area (TPSA) is 20.3 Å². The van der Waals surface area contributed by atoms with Gasteiger partial charge in [-0.15, -0.1) is 0 Å². The van der Waals surface area contributed by atoms with Crippen LogP contribution in [0.3, 0.4) is 0 Å². The SMILES string of the molecule is CCCc1cccc(C(=O)N(C)c2cccc(C)c2)c1. The molecule has 1 amide bonds. The minimum atomic E-state index is 0.0357. The molecule has 104 valence electrons. The number of amides is 1. The van der Waals surface area contributed by atoms with Crippen molar-refractivity contribution in [2.24, 2.45) is 0 Å². The average molecular weight is 267 g/mol. The molecule has 0 radical (unpaired) electrons. The van der Waals surface area contributed by atoms with Crippen molar-refractivity contribution in [3.63, 3.8) is 0 Å². The Balaban J connectivity index is 2.24. The fraction of sp³-hybridized carbons (Fsp3) is 0.278. The van der Waals surface area contributed by atoms with Gasteiger partial charge in [0.05, 0.1) is 0 Å². The van der Waals surface area contributed by atoms with Crippen LogP contribution < -0.4 is 4.90 Å². The Kier molecular flexibility index (Phi) is 4.57. The summed E-state index contributed by atoms with van der Waals surface area (Å²) in [6.07, 6.45) is 2.10. The molecule has 2 heteroatoms. The van der Waals surface area contributed by atoms with E-state index in [1.165, 1.54) is 5.56 Å². The maximum atomic E-state index is 12.5. The van der Waals surface area contributed by atoms with E-state index in [0.717, 1.165) is 29.7 Å². The number of benzene rings is 2. The number of nitrogens with zero attached hydrogens (tertiary/aromatic N) is 1. The highest BCUT2D eigenvalue weighted by Crippen LogP contribution is 2.18. The zero-order chi connectivity index (χ0) is 14.5. The minimum Gasteiger partial charge on any atom is -0.311 e. The lowest BCUT2D eigenvalue weighted by atomic mass is 10.1. The lowest BCUT2D eigenvalue weighted by Crippen LogP contribution is -2.26. The molecule has 0 N–H and O–H groups in total. The Morgan fingerprint density at radius 2 is 1.85 bits per heavy atom. The van der Waals surface area contributed by atoms with Crippen molar-refractivity contribution >= 4 is 11.6 Å². The number of carbonyl (C=O) groups is 1. The van der Waals surface area contributed by atoms with Crippen molar-refractivity contribution in [1.29, 1.82) is 0 Å². The first-order valence-corrected chi connectivity index (χ1v) is 7.05. The van der Waals surface area contributed by atoms with Crippen LogP contribution in [0.25, 0.3) is 0 Å². The average Bonchev–Trinajstić information content (AvgIpc) is 2.46. The highest BCUT2D eigenvalue weighted by Gasteiger charge is 2.13. The zero-order valence-electron chi connectivity index (χ0n) is 12.4. The van der Waals surface area contributed by atoms with Gasteiger partial charge in [0.25, 0.3) is 5.91 Å². The predicted molar refractivity (Wildman–Crippen MR) is 84.3 cm³/mol. The molecule has 0 heterocycles. The van der Waals surface area contributed by atoms with E-state index in [-0.39, 0.29) is 5.91 Å². The van der Waals surface area contributed by atoms with E-state index in [1.807, 2.05) is 56.4 Å². The normalized spacial score (nSPS) is 10.3. The summed E-state index contributed by atoms with van der Waals surface area (Å²) >= 11 is 0. The van der Waals surface area contributed by atoms with Gasteiger partial charge < -0.3 is 4.90 Å². The molecule has 0 saturated carbocycles. The summed E-state index contributed by atoms with van der Waals surface area (Å²) in [6, 6.07) is 15.9. The van der Waals surface area contributed by atoms with Gasteiger partial charge in [-0.3, -0.25) is 4.79 Å². The van der Waals surface area contributed by atoms with E-state index < -0.39 is 0 Å². The first kappa shape index (κ1) is 14.3. The molecule has 0 bridgehead atoms. The summed E-state index contributed by atoms with van der Waals surface area (Å²) in [5, 5.41) is 0. The maximum Gasteiger partial charge on any atom is 0.258 e. The van der Waals surface area contributed by atoms with E-state index in [4.69, 9.17) is 0 Å². The first-order chi connectivity index (χ1) is 9.61. The molecular weight excluding hydrogens is 246 g/mol. The Hall–Kier alpha value is -2.09. The molecule has 0 aliphatic heterocycles. The number of anilines is 1. The largest absolute Gasteiger partial charge is 0.311 e. The Bertz CT molecular complexity index is 604. The number of rotatable bonds is 4. The van der Waals surface area contributed by atoms with Crippen LogP contribution in [0.5, 0.6) is 0 Å². The number of carbonyl (C=O) groups excluding carboxylic acids is 1. The molecule has 0 spiro atoms. The standard InChI is InChI=1S/C18H21NO/c1-4-7-15-9-6-10-16(13-15)18(20)19(3)17-11-5-8-14(2)12-17/h5-6,8-13H,4,7H2,1-3H3. The summed E-state index contributed by atoms with van der Waals surface area (Å²) in [5.41, 5.74) is 4.05. The molecule has 0 fully saturated rings.